The van der Waals surface area contributed by atoms with Crippen LogP contribution in [-0.2, 0) is 16.5 Å². The van der Waals surface area contributed by atoms with Crippen molar-refractivity contribution in [2.75, 3.05) is 0 Å². The summed E-state index contributed by atoms with van der Waals surface area (Å²) in [5.41, 5.74) is 1.01. The molecule has 0 aliphatic rings. The molecule has 1 heterocycles. The number of phenols is 1. The Morgan fingerprint density at radius 3 is 2.25 bits per heavy atom. The van der Waals surface area contributed by atoms with Gasteiger partial charge in [-0.05, 0) is 36.2 Å². The molecule has 3 aromatic rings. The van der Waals surface area contributed by atoms with E-state index in [-0.39, 0.29) is 16.3 Å². The molecule has 0 atom stereocenters. The number of aromatic hydroxyl groups is 1. The Morgan fingerprint density at radius 1 is 1.04 bits per heavy atom. The molecule has 0 aliphatic carbocycles. The van der Waals surface area contributed by atoms with E-state index >= 15 is 0 Å². The van der Waals surface area contributed by atoms with Crippen molar-refractivity contribution in [2.24, 2.45) is 0 Å². The highest BCUT2D eigenvalue weighted by atomic mass is 32.2. The molecular formula is C17H16O6S. The van der Waals surface area contributed by atoms with Crippen LogP contribution in [0.1, 0.15) is 12.5 Å². The standard InChI is InChI=1S/C11H10O3.C6H6O3S/c1-2-7-5-11(13)14-10-6-8(12)3-4-9(7)10;7-10(8,9)6-4-2-1-3-5-6/h3-6,12H,2H2,1H3;1-5H,(H,7,8,9). The first-order valence-electron chi connectivity index (χ1n) is 7.09. The summed E-state index contributed by atoms with van der Waals surface area (Å²) >= 11 is 0. The molecule has 1 aromatic heterocycles. The molecule has 0 bridgehead atoms. The summed E-state index contributed by atoms with van der Waals surface area (Å²) in [7, 11) is -4.00. The summed E-state index contributed by atoms with van der Waals surface area (Å²) in [6.45, 7) is 1.97. The lowest BCUT2D eigenvalue weighted by atomic mass is 10.1. The monoisotopic (exact) mass is 348 g/mol. The van der Waals surface area contributed by atoms with Crippen molar-refractivity contribution in [3.05, 3.63) is 70.6 Å². The lowest BCUT2D eigenvalue weighted by molar-refractivity contribution is 0.473. The predicted octanol–water partition coefficient (Wildman–Crippen LogP) is 2.99. The van der Waals surface area contributed by atoms with Crippen LogP contribution in [0.2, 0.25) is 0 Å². The number of hydrogen-bond donors (Lipinski definition) is 2. The summed E-state index contributed by atoms with van der Waals surface area (Å²) in [5, 5.41) is 10.1. The van der Waals surface area contributed by atoms with E-state index < -0.39 is 10.1 Å². The summed E-state index contributed by atoms with van der Waals surface area (Å²) < 4.78 is 34.2. The third-order valence-corrected chi connectivity index (χ3v) is 4.10. The zero-order valence-electron chi connectivity index (χ0n) is 12.8. The Bertz CT molecular complexity index is 991. The fraction of sp³-hybridized carbons (Fsp3) is 0.118. The smallest absolute Gasteiger partial charge is 0.336 e. The Labute approximate surface area is 138 Å². The number of fused-ring (bicyclic) bond motifs is 1. The van der Waals surface area contributed by atoms with Crippen molar-refractivity contribution in [1.82, 2.24) is 0 Å². The van der Waals surface area contributed by atoms with Gasteiger partial charge in [0.2, 0.25) is 0 Å². The fourth-order valence-electron chi connectivity index (χ4n) is 2.10. The van der Waals surface area contributed by atoms with Gasteiger partial charge in [0, 0.05) is 17.5 Å². The third-order valence-electron chi connectivity index (χ3n) is 3.24. The summed E-state index contributed by atoms with van der Waals surface area (Å²) in [4.78, 5) is 11.1. The van der Waals surface area contributed by atoms with Gasteiger partial charge in [0.05, 0.1) is 4.90 Å². The number of phenolic OH excluding ortho intramolecular Hbond substituents is 1. The van der Waals surface area contributed by atoms with E-state index in [0.29, 0.717) is 5.58 Å². The van der Waals surface area contributed by atoms with Gasteiger partial charge in [-0.2, -0.15) is 8.42 Å². The Kier molecular flexibility index (Phi) is 5.38. The third kappa shape index (κ3) is 4.43. The Hall–Kier alpha value is -2.64. The van der Waals surface area contributed by atoms with Crippen molar-refractivity contribution in [1.29, 1.82) is 0 Å². The molecule has 0 spiro atoms. The van der Waals surface area contributed by atoms with Gasteiger partial charge in [0.1, 0.15) is 11.3 Å². The molecule has 0 amide bonds. The maximum atomic E-state index is 11.1. The quantitative estimate of drug-likeness (QED) is 0.545. The first kappa shape index (κ1) is 17.7. The van der Waals surface area contributed by atoms with E-state index in [9.17, 15) is 18.3 Å². The van der Waals surface area contributed by atoms with E-state index in [1.165, 1.54) is 24.3 Å². The zero-order valence-corrected chi connectivity index (χ0v) is 13.7. The number of aryl methyl sites for hydroxylation is 1. The highest BCUT2D eigenvalue weighted by Gasteiger charge is 2.06. The highest BCUT2D eigenvalue weighted by molar-refractivity contribution is 7.85. The average Bonchev–Trinajstić information content (AvgIpc) is 2.54. The van der Waals surface area contributed by atoms with E-state index in [1.54, 1.807) is 30.3 Å². The van der Waals surface area contributed by atoms with Gasteiger partial charge >= 0.3 is 5.63 Å². The minimum Gasteiger partial charge on any atom is -0.508 e. The van der Waals surface area contributed by atoms with Crippen molar-refractivity contribution in [2.45, 2.75) is 18.2 Å². The number of hydrogen-bond acceptors (Lipinski definition) is 5. The minimum atomic E-state index is -4.00. The van der Waals surface area contributed by atoms with E-state index in [1.807, 2.05) is 6.92 Å². The lowest BCUT2D eigenvalue weighted by Gasteiger charge is -2.02. The van der Waals surface area contributed by atoms with Gasteiger partial charge in [0.15, 0.2) is 0 Å². The largest absolute Gasteiger partial charge is 0.508 e. The number of benzene rings is 2. The van der Waals surface area contributed by atoms with E-state index in [4.69, 9.17) is 8.97 Å². The van der Waals surface area contributed by atoms with Crippen LogP contribution in [0.15, 0.2) is 68.7 Å². The highest BCUT2D eigenvalue weighted by Crippen LogP contribution is 2.21. The molecular weight excluding hydrogens is 332 g/mol. The van der Waals surface area contributed by atoms with Crippen LogP contribution < -0.4 is 5.63 Å². The van der Waals surface area contributed by atoms with Crippen LogP contribution in [0.3, 0.4) is 0 Å². The topological polar surface area (TPSA) is 105 Å². The molecule has 0 radical (unpaired) electrons. The normalized spacial score (nSPS) is 10.9. The minimum absolute atomic E-state index is 0.0741. The van der Waals surface area contributed by atoms with Crippen molar-refractivity contribution in [3.63, 3.8) is 0 Å². The van der Waals surface area contributed by atoms with Crippen molar-refractivity contribution in [3.8, 4) is 5.75 Å². The summed E-state index contributed by atoms with van der Waals surface area (Å²) in [5.74, 6) is 0.105. The molecule has 24 heavy (non-hydrogen) atoms. The van der Waals surface area contributed by atoms with Gasteiger partial charge in [-0.1, -0.05) is 25.1 Å². The molecule has 2 N–H and O–H groups in total. The predicted molar refractivity (Wildman–Crippen MR) is 89.8 cm³/mol. The Morgan fingerprint density at radius 2 is 1.71 bits per heavy atom. The lowest BCUT2D eigenvalue weighted by Crippen LogP contribution is -1.99. The van der Waals surface area contributed by atoms with E-state index in [2.05, 4.69) is 0 Å². The molecule has 126 valence electrons. The van der Waals surface area contributed by atoms with Crippen LogP contribution in [0, 0.1) is 0 Å². The van der Waals surface area contributed by atoms with Crippen LogP contribution in [0.5, 0.6) is 5.75 Å². The summed E-state index contributed by atoms with van der Waals surface area (Å²) in [6, 6.07) is 13.7. The van der Waals surface area contributed by atoms with Crippen LogP contribution >= 0.6 is 0 Å². The second kappa shape index (κ2) is 7.29. The van der Waals surface area contributed by atoms with Crippen molar-refractivity contribution < 1.29 is 22.5 Å². The fourth-order valence-corrected chi connectivity index (χ4v) is 2.60. The molecule has 0 aliphatic heterocycles. The SMILES string of the molecule is CCc1cc(=O)oc2cc(O)ccc12.O=S(=O)(O)c1ccccc1. The average molecular weight is 348 g/mol. The molecule has 0 saturated carbocycles. The van der Waals surface area contributed by atoms with Gasteiger partial charge in [0.25, 0.3) is 10.1 Å². The van der Waals surface area contributed by atoms with Gasteiger partial charge in [-0.3, -0.25) is 4.55 Å². The molecule has 0 unspecified atom stereocenters. The Balaban J connectivity index is 0.000000185. The summed E-state index contributed by atoms with van der Waals surface area (Å²) in [6.07, 6.45) is 0.771. The van der Waals surface area contributed by atoms with Gasteiger partial charge in [-0.15, -0.1) is 0 Å². The first-order valence-corrected chi connectivity index (χ1v) is 8.53. The number of rotatable bonds is 2. The molecule has 3 rings (SSSR count). The second-order valence-corrected chi connectivity index (χ2v) is 6.33. The molecule has 6 nitrogen and oxygen atoms in total. The second-order valence-electron chi connectivity index (χ2n) is 4.91. The maximum absolute atomic E-state index is 11.1. The van der Waals surface area contributed by atoms with E-state index in [0.717, 1.165) is 17.4 Å². The first-order chi connectivity index (χ1) is 11.3. The van der Waals surface area contributed by atoms with Crippen LogP contribution in [0.4, 0.5) is 0 Å². The zero-order chi connectivity index (χ0) is 17.7. The van der Waals surface area contributed by atoms with Gasteiger partial charge < -0.3 is 9.52 Å². The molecule has 0 saturated heterocycles. The van der Waals surface area contributed by atoms with Crippen LogP contribution in [-0.4, -0.2) is 18.1 Å². The van der Waals surface area contributed by atoms with Gasteiger partial charge in [-0.25, -0.2) is 4.79 Å². The molecule has 0 fully saturated rings. The molecule has 2 aromatic carbocycles. The maximum Gasteiger partial charge on any atom is 0.336 e. The molecule has 7 heteroatoms. The van der Waals surface area contributed by atoms with Crippen molar-refractivity contribution >= 4 is 21.1 Å². The van der Waals surface area contributed by atoms with Crippen LogP contribution in [0.25, 0.3) is 11.0 Å².